The number of carbonyl (C=O) groups excluding carboxylic acids is 1. The van der Waals surface area contributed by atoms with Gasteiger partial charge in [0.1, 0.15) is 12.2 Å². The molecule has 88 valence electrons. The zero-order chi connectivity index (χ0) is 11.9. The van der Waals surface area contributed by atoms with E-state index in [0.717, 1.165) is 6.42 Å². The predicted octanol–water partition coefficient (Wildman–Crippen LogP) is 2.45. The average Bonchev–Trinajstić information content (AvgIpc) is 2.09. The van der Waals surface area contributed by atoms with Crippen LogP contribution in [0.5, 0.6) is 0 Å². The highest BCUT2D eigenvalue weighted by Crippen LogP contribution is 2.07. The van der Waals surface area contributed by atoms with Crippen molar-refractivity contribution in [2.24, 2.45) is 0 Å². The van der Waals surface area contributed by atoms with E-state index >= 15 is 0 Å². The van der Waals surface area contributed by atoms with E-state index in [0.29, 0.717) is 6.61 Å². The zero-order valence-corrected chi connectivity index (χ0v) is 10.0. The normalized spacial score (nSPS) is 12.8. The molecule has 1 amide bonds. The molecule has 1 N–H and O–H groups in total. The summed E-state index contributed by atoms with van der Waals surface area (Å²) in [5.41, 5.74) is -0.471. The summed E-state index contributed by atoms with van der Waals surface area (Å²) in [6.07, 6.45) is 1.73. The second-order valence-corrected chi connectivity index (χ2v) is 4.25. The summed E-state index contributed by atoms with van der Waals surface area (Å²) >= 11 is 0. The van der Waals surface area contributed by atoms with E-state index in [1.54, 1.807) is 0 Å². The molecule has 0 heterocycles. The number of hydrogen-bond donors (Lipinski definition) is 1. The molecular formula is C11H21NO3. The van der Waals surface area contributed by atoms with Crippen LogP contribution in [0.3, 0.4) is 0 Å². The van der Waals surface area contributed by atoms with E-state index in [9.17, 15) is 4.79 Å². The molecule has 0 saturated carbocycles. The van der Waals surface area contributed by atoms with Crippen LogP contribution in [0.4, 0.5) is 4.79 Å². The second-order valence-electron chi connectivity index (χ2n) is 4.25. The number of amides is 1. The quantitative estimate of drug-likeness (QED) is 0.716. The van der Waals surface area contributed by atoms with Crippen molar-refractivity contribution in [1.29, 1.82) is 0 Å². The summed E-state index contributed by atoms with van der Waals surface area (Å²) in [5.74, 6) is 0. The first-order valence-electron chi connectivity index (χ1n) is 5.11. The molecular weight excluding hydrogens is 194 g/mol. The summed E-state index contributed by atoms with van der Waals surface area (Å²) in [7, 11) is 0. The number of nitrogens with one attached hydrogen (secondary N) is 1. The first-order chi connectivity index (χ1) is 6.89. The lowest BCUT2D eigenvalue weighted by Gasteiger charge is -2.22. The summed E-state index contributed by atoms with van der Waals surface area (Å²) in [5, 5.41) is 2.72. The number of hydrogen-bond acceptors (Lipinski definition) is 3. The van der Waals surface area contributed by atoms with Crippen molar-refractivity contribution in [3.8, 4) is 0 Å². The Morgan fingerprint density at radius 2 is 2.13 bits per heavy atom. The van der Waals surface area contributed by atoms with Gasteiger partial charge in [-0.25, -0.2) is 4.79 Å². The van der Waals surface area contributed by atoms with Crippen molar-refractivity contribution >= 4 is 6.09 Å². The third-order valence-corrected chi connectivity index (χ3v) is 1.63. The van der Waals surface area contributed by atoms with Crippen LogP contribution in [0, 0.1) is 0 Å². The molecule has 0 aromatic rings. The van der Waals surface area contributed by atoms with Gasteiger partial charge in [-0.15, -0.1) is 0 Å². The third-order valence-electron chi connectivity index (χ3n) is 1.63. The number of rotatable bonds is 5. The van der Waals surface area contributed by atoms with Gasteiger partial charge in [-0.05, 0) is 27.2 Å². The van der Waals surface area contributed by atoms with Crippen molar-refractivity contribution in [2.45, 2.75) is 45.8 Å². The molecule has 1 unspecified atom stereocenters. The fourth-order valence-corrected chi connectivity index (χ4v) is 0.920. The molecule has 0 aliphatic rings. The predicted molar refractivity (Wildman–Crippen MR) is 59.6 cm³/mol. The lowest BCUT2D eigenvalue weighted by Crippen LogP contribution is -2.40. The fourth-order valence-electron chi connectivity index (χ4n) is 0.920. The van der Waals surface area contributed by atoms with Gasteiger partial charge in [0.15, 0.2) is 0 Å². The van der Waals surface area contributed by atoms with Gasteiger partial charge in [-0.1, -0.05) is 13.5 Å². The Hall–Kier alpha value is -1.19. The maximum Gasteiger partial charge on any atom is 0.407 e. The van der Waals surface area contributed by atoms with Gasteiger partial charge in [-0.3, -0.25) is 0 Å². The Labute approximate surface area is 91.6 Å². The molecule has 0 saturated heterocycles. The summed E-state index contributed by atoms with van der Waals surface area (Å²) in [6.45, 7) is 11.3. The summed E-state index contributed by atoms with van der Waals surface area (Å²) < 4.78 is 10.1. The number of alkyl carbamates (subject to hydrolysis) is 1. The molecule has 0 spiro atoms. The topological polar surface area (TPSA) is 47.6 Å². The molecule has 0 aliphatic heterocycles. The van der Waals surface area contributed by atoms with Crippen LogP contribution in [0.15, 0.2) is 12.8 Å². The lowest BCUT2D eigenvalue weighted by atomic mass is 10.2. The Bertz CT molecular complexity index is 208. The number of carbonyl (C=O) groups is 1. The smallest absolute Gasteiger partial charge is 0.407 e. The first-order valence-corrected chi connectivity index (χ1v) is 5.11. The standard InChI is InChI=1S/C11H21NO3/c1-6-9(8-14-7-2)12-10(13)15-11(3,4)5/h7,9H,2,6,8H2,1,3-5H3,(H,12,13). The Balaban J connectivity index is 3.95. The van der Waals surface area contributed by atoms with Crippen LogP contribution < -0.4 is 5.32 Å². The monoisotopic (exact) mass is 215 g/mol. The van der Waals surface area contributed by atoms with E-state index in [4.69, 9.17) is 9.47 Å². The largest absolute Gasteiger partial charge is 0.500 e. The van der Waals surface area contributed by atoms with Crippen LogP contribution in [-0.4, -0.2) is 24.3 Å². The van der Waals surface area contributed by atoms with Crippen LogP contribution in [0.2, 0.25) is 0 Å². The minimum absolute atomic E-state index is 0.0437. The highest BCUT2D eigenvalue weighted by molar-refractivity contribution is 5.68. The number of ether oxygens (including phenoxy) is 2. The molecule has 0 fully saturated rings. The Morgan fingerprint density at radius 1 is 1.53 bits per heavy atom. The van der Waals surface area contributed by atoms with Gasteiger partial charge in [0.25, 0.3) is 0 Å². The molecule has 0 aromatic carbocycles. The van der Waals surface area contributed by atoms with Crippen molar-refractivity contribution in [1.82, 2.24) is 5.32 Å². The molecule has 0 radical (unpaired) electrons. The van der Waals surface area contributed by atoms with Gasteiger partial charge in [0.05, 0.1) is 12.3 Å². The maximum atomic E-state index is 11.4. The van der Waals surface area contributed by atoms with Crippen LogP contribution in [-0.2, 0) is 9.47 Å². The van der Waals surface area contributed by atoms with E-state index in [1.165, 1.54) is 6.26 Å². The Morgan fingerprint density at radius 3 is 2.53 bits per heavy atom. The van der Waals surface area contributed by atoms with E-state index in [1.807, 2.05) is 27.7 Å². The minimum Gasteiger partial charge on any atom is -0.500 e. The fraction of sp³-hybridized carbons (Fsp3) is 0.727. The summed E-state index contributed by atoms with van der Waals surface area (Å²) in [6, 6.07) is -0.0437. The summed E-state index contributed by atoms with van der Waals surface area (Å²) in [4.78, 5) is 11.4. The van der Waals surface area contributed by atoms with Gasteiger partial charge in [-0.2, -0.15) is 0 Å². The van der Waals surface area contributed by atoms with Gasteiger partial charge in [0.2, 0.25) is 0 Å². The Kier molecular flexibility index (Phi) is 5.82. The molecule has 0 rings (SSSR count). The maximum absolute atomic E-state index is 11.4. The van der Waals surface area contributed by atoms with E-state index in [-0.39, 0.29) is 6.04 Å². The molecule has 0 aromatic heterocycles. The molecule has 0 aliphatic carbocycles. The average molecular weight is 215 g/mol. The zero-order valence-electron chi connectivity index (χ0n) is 10.0. The SMILES string of the molecule is C=COCC(CC)NC(=O)OC(C)(C)C. The van der Waals surface area contributed by atoms with E-state index in [2.05, 4.69) is 11.9 Å². The molecule has 0 bridgehead atoms. The molecule has 4 nitrogen and oxygen atoms in total. The van der Waals surface area contributed by atoms with Gasteiger partial charge >= 0.3 is 6.09 Å². The van der Waals surface area contributed by atoms with Gasteiger partial charge in [0, 0.05) is 0 Å². The minimum atomic E-state index is -0.471. The van der Waals surface area contributed by atoms with Crippen molar-refractivity contribution in [3.05, 3.63) is 12.8 Å². The third kappa shape index (κ3) is 7.85. The molecule has 4 heteroatoms. The second kappa shape index (κ2) is 6.32. The van der Waals surface area contributed by atoms with E-state index < -0.39 is 11.7 Å². The van der Waals surface area contributed by atoms with Crippen LogP contribution in [0.25, 0.3) is 0 Å². The van der Waals surface area contributed by atoms with Crippen LogP contribution in [0.1, 0.15) is 34.1 Å². The first kappa shape index (κ1) is 13.8. The molecule has 1 atom stereocenters. The van der Waals surface area contributed by atoms with Crippen LogP contribution >= 0.6 is 0 Å². The van der Waals surface area contributed by atoms with Crippen molar-refractivity contribution in [3.63, 3.8) is 0 Å². The molecule has 15 heavy (non-hydrogen) atoms. The van der Waals surface area contributed by atoms with Gasteiger partial charge < -0.3 is 14.8 Å². The highest BCUT2D eigenvalue weighted by Gasteiger charge is 2.18. The van der Waals surface area contributed by atoms with Crippen molar-refractivity contribution < 1.29 is 14.3 Å². The lowest BCUT2D eigenvalue weighted by molar-refractivity contribution is 0.0477. The highest BCUT2D eigenvalue weighted by atomic mass is 16.6. The van der Waals surface area contributed by atoms with Crippen molar-refractivity contribution in [2.75, 3.05) is 6.61 Å².